The third-order valence-corrected chi connectivity index (χ3v) is 2.99. The predicted molar refractivity (Wildman–Crippen MR) is 60.0 cm³/mol. The van der Waals surface area contributed by atoms with Gasteiger partial charge in [-0.1, -0.05) is 16.8 Å². The molecular weight excluding hydrogens is 232 g/mol. The number of hydrogen-bond donors (Lipinski definition) is 0. The summed E-state index contributed by atoms with van der Waals surface area (Å²) >= 11 is 7.42. The van der Waals surface area contributed by atoms with Gasteiger partial charge in [0.25, 0.3) is 0 Å². The molecule has 0 N–H and O–H groups in total. The molecular formula is C10H9ClN2OS. The third-order valence-electron chi connectivity index (χ3n) is 1.75. The molecule has 3 nitrogen and oxygen atoms in total. The topological polar surface area (TPSA) is 38.9 Å². The van der Waals surface area contributed by atoms with Gasteiger partial charge in [-0.2, -0.15) is 4.98 Å². The van der Waals surface area contributed by atoms with Crippen molar-refractivity contribution < 1.29 is 4.52 Å². The average molecular weight is 241 g/mol. The SMILES string of the molecule is Cc1noc(CSc2ccc(Cl)cc2)n1. The van der Waals surface area contributed by atoms with Crippen molar-refractivity contribution in [1.29, 1.82) is 0 Å². The van der Waals surface area contributed by atoms with Crippen molar-refractivity contribution in [2.45, 2.75) is 17.6 Å². The molecule has 0 atom stereocenters. The summed E-state index contributed by atoms with van der Waals surface area (Å²) in [5.41, 5.74) is 0. The second-order valence-electron chi connectivity index (χ2n) is 2.98. The first-order valence-corrected chi connectivity index (χ1v) is 5.78. The first-order valence-electron chi connectivity index (χ1n) is 4.41. The van der Waals surface area contributed by atoms with Crippen molar-refractivity contribution in [2.24, 2.45) is 0 Å². The normalized spacial score (nSPS) is 10.5. The van der Waals surface area contributed by atoms with Gasteiger partial charge in [0.15, 0.2) is 5.82 Å². The van der Waals surface area contributed by atoms with Crippen LogP contribution in [0.15, 0.2) is 33.7 Å². The Morgan fingerprint density at radius 1 is 1.33 bits per heavy atom. The molecule has 0 spiro atoms. The molecule has 0 fully saturated rings. The average Bonchev–Trinajstić information content (AvgIpc) is 2.64. The zero-order chi connectivity index (χ0) is 10.7. The molecule has 0 aliphatic carbocycles. The number of halogens is 1. The van der Waals surface area contributed by atoms with Crippen molar-refractivity contribution in [2.75, 3.05) is 0 Å². The van der Waals surface area contributed by atoms with E-state index < -0.39 is 0 Å². The van der Waals surface area contributed by atoms with E-state index in [-0.39, 0.29) is 0 Å². The van der Waals surface area contributed by atoms with Crippen molar-refractivity contribution >= 4 is 23.4 Å². The standard InChI is InChI=1S/C10H9ClN2OS/c1-7-12-10(14-13-7)6-15-9-4-2-8(11)3-5-9/h2-5H,6H2,1H3. The molecule has 0 amide bonds. The van der Waals surface area contributed by atoms with Crippen molar-refractivity contribution in [3.8, 4) is 0 Å². The summed E-state index contributed by atoms with van der Waals surface area (Å²) in [7, 11) is 0. The predicted octanol–water partition coefficient (Wildman–Crippen LogP) is 3.32. The summed E-state index contributed by atoms with van der Waals surface area (Å²) in [4.78, 5) is 5.25. The highest BCUT2D eigenvalue weighted by Gasteiger charge is 2.03. The van der Waals surface area contributed by atoms with Crippen molar-refractivity contribution in [3.63, 3.8) is 0 Å². The number of benzene rings is 1. The summed E-state index contributed by atoms with van der Waals surface area (Å²) in [6.07, 6.45) is 0. The van der Waals surface area contributed by atoms with Crippen molar-refractivity contribution in [1.82, 2.24) is 10.1 Å². The Morgan fingerprint density at radius 2 is 2.07 bits per heavy atom. The minimum absolute atomic E-state index is 0.646. The van der Waals surface area contributed by atoms with Gasteiger partial charge >= 0.3 is 0 Å². The molecule has 1 aromatic carbocycles. The zero-order valence-corrected chi connectivity index (χ0v) is 9.68. The second kappa shape index (κ2) is 4.68. The molecule has 0 unspecified atom stereocenters. The maximum atomic E-state index is 5.78. The van der Waals surface area contributed by atoms with Gasteiger partial charge in [0.1, 0.15) is 0 Å². The molecule has 0 aliphatic rings. The fourth-order valence-corrected chi connectivity index (χ4v) is 1.94. The van der Waals surface area contributed by atoms with Crippen LogP contribution in [0.2, 0.25) is 5.02 Å². The van der Waals surface area contributed by atoms with E-state index in [1.165, 1.54) is 0 Å². The number of rotatable bonds is 3. The molecule has 1 aromatic heterocycles. The first kappa shape index (κ1) is 10.5. The Labute approximate surface area is 96.8 Å². The van der Waals surface area contributed by atoms with Gasteiger partial charge in [-0.25, -0.2) is 0 Å². The van der Waals surface area contributed by atoms with Gasteiger partial charge in [0.05, 0.1) is 5.75 Å². The minimum atomic E-state index is 0.646. The van der Waals surface area contributed by atoms with E-state index in [1.54, 1.807) is 18.7 Å². The fraction of sp³-hybridized carbons (Fsp3) is 0.200. The summed E-state index contributed by atoms with van der Waals surface area (Å²) in [6, 6.07) is 7.67. The molecule has 1 heterocycles. The van der Waals surface area contributed by atoms with Crippen LogP contribution in [0.25, 0.3) is 0 Å². The molecule has 2 rings (SSSR count). The maximum Gasteiger partial charge on any atom is 0.236 e. The van der Waals surface area contributed by atoms with Crippen LogP contribution in [-0.4, -0.2) is 10.1 Å². The lowest BCUT2D eigenvalue weighted by Crippen LogP contribution is -1.80. The quantitative estimate of drug-likeness (QED) is 0.772. The summed E-state index contributed by atoms with van der Waals surface area (Å²) in [5.74, 6) is 2.00. The lowest BCUT2D eigenvalue weighted by atomic mass is 10.4. The molecule has 0 bridgehead atoms. The Hall–Kier alpha value is -1.00. The molecule has 0 aliphatic heterocycles. The van der Waals surface area contributed by atoms with E-state index in [0.29, 0.717) is 17.5 Å². The van der Waals surface area contributed by atoms with E-state index in [2.05, 4.69) is 10.1 Å². The summed E-state index contributed by atoms with van der Waals surface area (Å²) < 4.78 is 5.00. The van der Waals surface area contributed by atoms with Crippen LogP contribution < -0.4 is 0 Å². The Kier molecular flexibility index (Phi) is 3.28. The van der Waals surface area contributed by atoms with Crippen LogP contribution in [0.4, 0.5) is 0 Å². The lowest BCUT2D eigenvalue weighted by molar-refractivity contribution is 0.387. The molecule has 15 heavy (non-hydrogen) atoms. The van der Waals surface area contributed by atoms with E-state index >= 15 is 0 Å². The molecule has 5 heteroatoms. The lowest BCUT2D eigenvalue weighted by Gasteiger charge is -1.97. The first-order chi connectivity index (χ1) is 7.24. The van der Waals surface area contributed by atoms with E-state index in [0.717, 1.165) is 9.92 Å². The van der Waals surface area contributed by atoms with Crippen LogP contribution >= 0.6 is 23.4 Å². The summed E-state index contributed by atoms with van der Waals surface area (Å²) in [6.45, 7) is 1.81. The maximum absolute atomic E-state index is 5.78. The van der Waals surface area contributed by atoms with Crippen LogP contribution in [0.3, 0.4) is 0 Å². The zero-order valence-electron chi connectivity index (χ0n) is 8.11. The molecule has 0 saturated heterocycles. The number of aryl methyl sites for hydroxylation is 1. The van der Waals surface area contributed by atoms with Crippen molar-refractivity contribution in [3.05, 3.63) is 41.0 Å². The van der Waals surface area contributed by atoms with Crippen LogP contribution in [0.5, 0.6) is 0 Å². The highest BCUT2D eigenvalue weighted by Crippen LogP contribution is 2.23. The highest BCUT2D eigenvalue weighted by atomic mass is 35.5. The van der Waals surface area contributed by atoms with Gasteiger partial charge in [-0.05, 0) is 31.2 Å². The minimum Gasteiger partial charge on any atom is -0.338 e. The van der Waals surface area contributed by atoms with Crippen LogP contribution in [0, 0.1) is 6.92 Å². The molecule has 0 saturated carbocycles. The van der Waals surface area contributed by atoms with Crippen LogP contribution in [-0.2, 0) is 5.75 Å². The fourth-order valence-electron chi connectivity index (χ4n) is 1.07. The third kappa shape index (κ3) is 2.97. The Bertz CT molecular complexity index is 441. The Morgan fingerprint density at radius 3 is 2.67 bits per heavy atom. The largest absolute Gasteiger partial charge is 0.338 e. The number of thioether (sulfide) groups is 1. The van der Waals surface area contributed by atoms with Gasteiger partial charge in [0.2, 0.25) is 5.89 Å². The van der Waals surface area contributed by atoms with Gasteiger partial charge in [-0.3, -0.25) is 0 Å². The number of hydrogen-bond acceptors (Lipinski definition) is 4. The molecule has 2 aromatic rings. The summed E-state index contributed by atoms with van der Waals surface area (Å²) in [5, 5.41) is 4.47. The highest BCUT2D eigenvalue weighted by molar-refractivity contribution is 7.98. The van der Waals surface area contributed by atoms with Gasteiger partial charge < -0.3 is 4.52 Å². The monoisotopic (exact) mass is 240 g/mol. The Balaban J connectivity index is 1.96. The van der Waals surface area contributed by atoms with Gasteiger partial charge in [-0.15, -0.1) is 11.8 Å². The smallest absolute Gasteiger partial charge is 0.236 e. The number of aromatic nitrogens is 2. The molecule has 0 radical (unpaired) electrons. The van der Waals surface area contributed by atoms with Gasteiger partial charge in [0, 0.05) is 9.92 Å². The molecule has 78 valence electrons. The van der Waals surface area contributed by atoms with Crippen LogP contribution in [0.1, 0.15) is 11.7 Å². The van der Waals surface area contributed by atoms with E-state index in [1.807, 2.05) is 24.3 Å². The van der Waals surface area contributed by atoms with E-state index in [4.69, 9.17) is 16.1 Å². The van der Waals surface area contributed by atoms with E-state index in [9.17, 15) is 0 Å². The number of nitrogens with zero attached hydrogens (tertiary/aromatic N) is 2. The second-order valence-corrected chi connectivity index (χ2v) is 4.46.